The molecule has 5 nitrogen and oxygen atoms in total. The number of allylic oxidation sites excluding steroid dienone is 2. The lowest BCUT2D eigenvalue weighted by Crippen LogP contribution is -2.73. The van der Waals surface area contributed by atoms with E-state index in [4.69, 9.17) is 4.98 Å². The second kappa shape index (κ2) is 7.49. The van der Waals surface area contributed by atoms with Crippen molar-refractivity contribution in [1.82, 2.24) is 9.97 Å². The van der Waals surface area contributed by atoms with Gasteiger partial charge in [0.1, 0.15) is 18.2 Å². The van der Waals surface area contributed by atoms with Gasteiger partial charge in [-0.15, -0.1) is 0 Å². The normalized spacial score (nSPS) is 31.8. The lowest BCUT2D eigenvalue weighted by Gasteiger charge is -2.72. The molecule has 0 radical (unpaired) electrons. The van der Waals surface area contributed by atoms with E-state index in [2.05, 4.69) is 108 Å². The summed E-state index contributed by atoms with van der Waals surface area (Å²) in [6, 6.07) is 18.7. The Balaban J connectivity index is 1.52. The van der Waals surface area contributed by atoms with Crippen molar-refractivity contribution in [1.29, 1.82) is 0 Å². The summed E-state index contributed by atoms with van der Waals surface area (Å²) in [5, 5.41) is 0. The lowest BCUT2D eigenvalue weighted by molar-refractivity contribution is 0.0967. The molecule has 5 aliphatic rings. The maximum atomic E-state index is 4.82. The molecule has 3 aromatic rings. The number of para-hydroxylation sites is 2. The molecular weight excluding hydrogens is 466 g/mol. The molecule has 5 heterocycles. The Morgan fingerprint density at radius 1 is 0.974 bits per heavy atom. The van der Waals surface area contributed by atoms with Crippen molar-refractivity contribution in [2.24, 2.45) is 11.3 Å². The molecule has 0 fully saturated rings. The van der Waals surface area contributed by atoms with Crippen molar-refractivity contribution >= 4 is 28.5 Å². The molecule has 5 unspecified atom stereocenters. The van der Waals surface area contributed by atoms with Gasteiger partial charge in [-0.05, 0) is 60.4 Å². The SMILES string of the molecule is CCC12C3=C(C4C(C)CCC=CN4c4ccccc43)C1(CC)C1N(C)c3ncncc3N1c1ccccc12. The molecular formula is C33H35N5. The predicted octanol–water partition coefficient (Wildman–Crippen LogP) is 7.05. The van der Waals surface area contributed by atoms with Gasteiger partial charge in [0.2, 0.25) is 0 Å². The Kier molecular flexibility index (Phi) is 4.42. The molecule has 4 aliphatic heterocycles. The standard InChI is InChI=1S/C33H35N5/c1-5-32-23-15-8-10-17-25(23)38-26-19-34-20-35-30(26)36(4)31(38)33(32,6-2)28-27(32)22-14-7-9-16-24(22)37-18-12-11-13-21(3)29(28)37/h7-10,12,14-21,29,31H,5-6,11,13H2,1-4H3. The van der Waals surface area contributed by atoms with Gasteiger partial charge in [0.05, 0.1) is 12.2 Å². The Hall–Kier alpha value is -3.60. The fourth-order valence-corrected chi connectivity index (χ4v) is 9.39. The molecule has 0 saturated carbocycles. The zero-order valence-electron chi connectivity index (χ0n) is 22.7. The first-order chi connectivity index (χ1) is 18.6. The van der Waals surface area contributed by atoms with Crippen molar-refractivity contribution in [3.8, 4) is 0 Å². The minimum atomic E-state index is -0.0729. The summed E-state index contributed by atoms with van der Waals surface area (Å²) < 4.78 is 0. The van der Waals surface area contributed by atoms with Crippen LogP contribution >= 0.6 is 0 Å². The molecule has 8 rings (SSSR count). The van der Waals surface area contributed by atoms with E-state index in [-0.39, 0.29) is 17.0 Å². The summed E-state index contributed by atoms with van der Waals surface area (Å²) in [6.45, 7) is 7.34. The third-order valence-electron chi connectivity index (χ3n) is 10.6. The van der Waals surface area contributed by atoms with Crippen molar-refractivity contribution in [3.63, 3.8) is 0 Å². The van der Waals surface area contributed by atoms with Gasteiger partial charge in [0, 0.05) is 41.0 Å². The first kappa shape index (κ1) is 22.4. The number of hydrogen-bond acceptors (Lipinski definition) is 5. The van der Waals surface area contributed by atoms with Gasteiger partial charge >= 0.3 is 0 Å². The second-order valence-corrected chi connectivity index (χ2v) is 11.8. The number of fused-ring (bicyclic) bond motifs is 15. The summed E-state index contributed by atoms with van der Waals surface area (Å²) in [4.78, 5) is 17.0. The Labute approximate surface area is 225 Å². The highest BCUT2D eigenvalue weighted by molar-refractivity contribution is 6.01. The highest BCUT2D eigenvalue weighted by atomic mass is 15.5. The van der Waals surface area contributed by atoms with Gasteiger partial charge in [-0.3, -0.25) is 0 Å². The summed E-state index contributed by atoms with van der Waals surface area (Å²) in [7, 11) is 2.26. The highest BCUT2D eigenvalue weighted by Gasteiger charge is 2.75. The lowest BCUT2D eigenvalue weighted by atomic mass is 9.36. The summed E-state index contributed by atoms with van der Waals surface area (Å²) >= 11 is 0. The minimum absolute atomic E-state index is 0.0657. The fraction of sp³-hybridized carbons (Fsp3) is 0.394. The number of aromatic nitrogens is 2. The van der Waals surface area contributed by atoms with Gasteiger partial charge in [0.15, 0.2) is 5.82 Å². The topological polar surface area (TPSA) is 35.5 Å². The maximum Gasteiger partial charge on any atom is 0.157 e. The molecule has 38 heavy (non-hydrogen) atoms. The molecule has 192 valence electrons. The third kappa shape index (κ3) is 2.24. The van der Waals surface area contributed by atoms with Crippen LogP contribution in [0.2, 0.25) is 0 Å². The molecule has 0 amide bonds. The van der Waals surface area contributed by atoms with E-state index in [1.54, 1.807) is 17.5 Å². The minimum Gasteiger partial charge on any atom is -0.340 e. The van der Waals surface area contributed by atoms with Gasteiger partial charge in [0.25, 0.3) is 0 Å². The first-order valence-electron chi connectivity index (χ1n) is 14.3. The fourth-order valence-electron chi connectivity index (χ4n) is 9.39. The van der Waals surface area contributed by atoms with Crippen LogP contribution in [-0.4, -0.2) is 29.2 Å². The monoisotopic (exact) mass is 501 g/mol. The average Bonchev–Trinajstić information content (AvgIpc) is 3.11. The molecule has 5 atom stereocenters. The van der Waals surface area contributed by atoms with Crippen molar-refractivity contribution in [2.75, 3.05) is 21.7 Å². The van der Waals surface area contributed by atoms with Crippen LogP contribution in [0, 0.1) is 11.3 Å². The van der Waals surface area contributed by atoms with E-state index in [0.29, 0.717) is 12.0 Å². The zero-order chi connectivity index (χ0) is 25.8. The molecule has 0 bridgehead atoms. The Morgan fingerprint density at radius 3 is 2.58 bits per heavy atom. The van der Waals surface area contributed by atoms with Crippen LogP contribution in [0.15, 0.2) is 78.9 Å². The van der Waals surface area contributed by atoms with Crippen LogP contribution < -0.4 is 14.7 Å². The molecule has 0 spiro atoms. The maximum absolute atomic E-state index is 4.82. The molecule has 0 saturated heterocycles. The summed E-state index contributed by atoms with van der Waals surface area (Å²) in [5.74, 6) is 1.59. The van der Waals surface area contributed by atoms with Crippen LogP contribution in [0.1, 0.15) is 57.6 Å². The van der Waals surface area contributed by atoms with Crippen molar-refractivity contribution < 1.29 is 0 Å². The Morgan fingerprint density at radius 2 is 1.76 bits per heavy atom. The van der Waals surface area contributed by atoms with Crippen LogP contribution in [-0.2, 0) is 5.41 Å². The van der Waals surface area contributed by atoms with E-state index in [1.807, 2.05) is 6.20 Å². The first-order valence-corrected chi connectivity index (χ1v) is 14.3. The van der Waals surface area contributed by atoms with E-state index < -0.39 is 0 Å². The number of nitrogens with zero attached hydrogens (tertiary/aromatic N) is 5. The van der Waals surface area contributed by atoms with Gasteiger partial charge in [-0.2, -0.15) is 0 Å². The summed E-state index contributed by atoms with van der Waals surface area (Å²) in [6.07, 6.45) is 13.1. The van der Waals surface area contributed by atoms with E-state index >= 15 is 0 Å². The van der Waals surface area contributed by atoms with E-state index in [0.717, 1.165) is 30.8 Å². The second-order valence-electron chi connectivity index (χ2n) is 11.8. The smallest absolute Gasteiger partial charge is 0.157 e. The molecule has 0 N–H and O–H groups in total. The van der Waals surface area contributed by atoms with Gasteiger partial charge in [-0.25, -0.2) is 9.97 Å². The number of rotatable bonds is 2. The molecule has 1 aromatic heterocycles. The van der Waals surface area contributed by atoms with E-state index in [1.165, 1.54) is 28.9 Å². The van der Waals surface area contributed by atoms with Gasteiger partial charge < -0.3 is 14.7 Å². The largest absolute Gasteiger partial charge is 0.340 e. The number of anilines is 4. The van der Waals surface area contributed by atoms with Crippen LogP contribution in [0.3, 0.4) is 0 Å². The third-order valence-corrected chi connectivity index (χ3v) is 10.6. The summed E-state index contributed by atoms with van der Waals surface area (Å²) in [5.41, 5.74) is 9.81. The zero-order valence-corrected chi connectivity index (χ0v) is 22.7. The van der Waals surface area contributed by atoms with Gasteiger partial charge in [-0.1, -0.05) is 63.2 Å². The van der Waals surface area contributed by atoms with Crippen LogP contribution in [0.5, 0.6) is 0 Å². The average molecular weight is 502 g/mol. The molecule has 5 heteroatoms. The molecule has 1 aliphatic carbocycles. The van der Waals surface area contributed by atoms with Crippen LogP contribution in [0.25, 0.3) is 5.57 Å². The predicted molar refractivity (Wildman–Crippen MR) is 155 cm³/mol. The quantitative estimate of drug-likeness (QED) is 0.376. The highest BCUT2D eigenvalue weighted by Crippen LogP contribution is 2.78. The Bertz CT molecular complexity index is 1540. The molecule has 2 aromatic carbocycles. The van der Waals surface area contributed by atoms with Crippen LogP contribution in [0.4, 0.5) is 22.9 Å². The van der Waals surface area contributed by atoms with E-state index in [9.17, 15) is 0 Å². The number of benzene rings is 2. The number of hydrogen-bond donors (Lipinski definition) is 0. The van der Waals surface area contributed by atoms with Crippen molar-refractivity contribution in [2.45, 2.75) is 64.1 Å². The van der Waals surface area contributed by atoms with Crippen molar-refractivity contribution in [3.05, 3.63) is 90.0 Å².